The lowest BCUT2D eigenvalue weighted by Crippen LogP contribution is -2.15. The number of fused-ring (bicyclic) bond motifs is 15. The second-order valence-electron chi connectivity index (χ2n) is 21.0. The highest BCUT2D eigenvalue weighted by molar-refractivity contribution is 6.16. The number of nitrogens with zero attached hydrogens (tertiary/aromatic N) is 12. The lowest BCUT2D eigenvalue weighted by atomic mass is 10.0. The molecule has 12 heteroatoms. The van der Waals surface area contributed by atoms with Crippen LogP contribution in [0.5, 0.6) is 0 Å². The molecule has 18 rings (SSSR count). The van der Waals surface area contributed by atoms with Crippen LogP contribution in [0.3, 0.4) is 0 Å². The van der Waals surface area contributed by atoms with E-state index in [2.05, 4.69) is 211 Å². The number of aromatic nitrogens is 12. The van der Waals surface area contributed by atoms with Crippen LogP contribution < -0.4 is 0 Å². The van der Waals surface area contributed by atoms with Crippen LogP contribution in [0.25, 0.3) is 161 Å². The minimum atomic E-state index is 0.442. The largest absolute Gasteiger partial charge is 0.307 e. The summed E-state index contributed by atoms with van der Waals surface area (Å²) < 4.78 is 11.7. The summed E-state index contributed by atoms with van der Waals surface area (Å²) in [7, 11) is 0. The van der Waals surface area contributed by atoms with E-state index in [-0.39, 0.29) is 0 Å². The molecule has 0 aliphatic rings. The Morgan fingerprint density at radius 1 is 0.265 bits per heavy atom. The molecule has 10 aromatic heterocycles. The molecule has 0 bridgehead atoms. The molecule has 0 unspecified atom stereocenters. The van der Waals surface area contributed by atoms with Gasteiger partial charge in [-0.15, -0.1) is 0 Å². The predicted molar refractivity (Wildman–Crippen MR) is 334 cm³/mol. The van der Waals surface area contributed by atoms with Gasteiger partial charge in [-0.2, -0.15) is 9.97 Å². The van der Waals surface area contributed by atoms with Gasteiger partial charge in [0.05, 0.1) is 96.6 Å². The third-order valence-electron chi connectivity index (χ3n) is 16.7. The molecule has 0 aliphatic heterocycles. The molecule has 0 saturated carbocycles. The van der Waals surface area contributed by atoms with E-state index in [4.69, 9.17) is 34.9 Å². The third-order valence-corrected chi connectivity index (χ3v) is 16.7. The fourth-order valence-corrected chi connectivity index (χ4v) is 13.3. The summed E-state index contributed by atoms with van der Waals surface area (Å²) >= 11 is 0. The number of para-hydroxylation sites is 6. The second kappa shape index (κ2) is 17.4. The van der Waals surface area contributed by atoms with Gasteiger partial charge in [-0.25, -0.2) is 9.97 Å². The summed E-state index contributed by atoms with van der Waals surface area (Å²) in [5.74, 6) is 1.42. The van der Waals surface area contributed by atoms with Crippen molar-refractivity contribution in [1.82, 2.24) is 57.7 Å². The van der Waals surface area contributed by atoms with Crippen LogP contribution in [0.1, 0.15) is 0 Å². The molecule has 0 spiro atoms. The molecule has 0 saturated heterocycles. The van der Waals surface area contributed by atoms with E-state index in [1.54, 1.807) is 0 Å². The Labute approximate surface area is 471 Å². The summed E-state index contributed by atoms with van der Waals surface area (Å²) in [6.07, 6.45) is 13.5. The van der Waals surface area contributed by atoms with Crippen molar-refractivity contribution in [3.8, 4) is 51.5 Å². The maximum atomic E-state index is 5.91. The highest BCUT2D eigenvalue weighted by Crippen LogP contribution is 2.49. The first kappa shape index (κ1) is 45.3. The Kier molecular flexibility index (Phi) is 9.51. The summed E-state index contributed by atoms with van der Waals surface area (Å²) in [5.41, 5.74) is 14.2. The normalized spacial score (nSPS) is 12.1. The van der Waals surface area contributed by atoms with Gasteiger partial charge in [-0.05, 0) is 72.8 Å². The maximum absolute atomic E-state index is 5.91. The van der Waals surface area contributed by atoms with Gasteiger partial charge in [0.25, 0.3) is 0 Å². The summed E-state index contributed by atoms with van der Waals surface area (Å²) in [4.78, 5) is 37.3. The van der Waals surface area contributed by atoms with E-state index in [0.29, 0.717) is 17.6 Å². The van der Waals surface area contributed by atoms with Crippen LogP contribution in [-0.2, 0) is 0 Å². The highest BCUT2D eigenvalue weighted by atomic mass is 15.2. The standard InChI is InChI=1S/C71H42N12/c1-2-17-43(18-3-1)68-76-69(78-71(77-68)83-58-30-14-7-19-44(58)45-20-8-15-31-59(45)83)65-60(79-54-26-10-4-21-46(54)50-32-36-72-40-62(50)79)39-61(82-57-29-13-9-24-49(57)53-25-16-35-75-70(53)82)66(80-55-27-11-5-22-47(55)51-33-37-73-41-63(51)80)67(65)81-56-28-12-6-23-48(56)52-34-38-74-42-64(52)81/h1-42H. The van der Waals surface area contributed by atoms with E-state index in [0.717, 1.165) is 143 Å². The average molecular weight is 1060 g/mol. The van der Waals surface area contributed by atoms with E-state index in [1.165, 1.54) is 0 Å². The zero-order chi connectivity index (χ0) is 54.3. The molecule has 10 heterocycles. The molecule has 0 aliphatic carbocycles. The predicted octanol–water partition coefficient (Wildman–Crippen LogP) is 16.3. The quantitative estimate of drug-likeness (QED) is 0.156. The zero-order valence-electron chi connectivity index (χ0n) is 44.1. The van der Waals surface area contributed by atoms with Gasteiger partial charge in [0.15, 0.2) is 11.6 Å². The molecule has 0 N–H and O–H groups in total. The monoisotopic (exact) mass is 1060 g/mol. The maximum Gasteiger partial charge on any atom is 0.238 e. The lowest BCUT2D eigenvalue weighted by Gasteiger charge is -2.27. The fourth-order valence-electron chi connectivity index (χ4n) is 13.3. The molecule has 0 atom stereocenters. The highest BCUT2D eigenvalue weighted by Gasteiger charge is 2.34. The smallest absolute Gasteiger partial charge is 0.238 e. The molecule has 0 fully saturated rings. The van der Waals surface area contributed by atoms with Gasteiger partial charge >= 0.3 is 0 Å². The molecule has 0 radical (unpaired) electrons. The van der Waals surface area contributed by atoms with Crippen molar-refractivity contribution >= 4 is 109 Å². The summed E-state index contributed by atoms with van der Waals surface area (Å²) in [6.45, 7) is 0. The first-order valence-electron chi connectivity index (χ1n) is 27.6. The number of hydrogen-bond acceptors (Lipinski definition) is 7. The van der Waals surface area contributed by atoms with Crippen molar-refractivity contribution in [2.24, 2.45) is 0 Å². The molecular formula is C71H42N12. The Bertz CT molecular complexity index is 5460. The van der Waals surface area contributed by atoms with E-state index in [9.17, 15) is 0 Å². The Morgan fingerprint density at radius 2 is 0.663 bits per heavy atom. The van der Waals surface area contributed by atoms with Gasteiger partial charge in [0.1, 0.15) is 5.65 Å². The van der Waals surface area contributed by atoms with Gasteiger partial charge in [0.2, 0.25) is 5.95 Å². The topological polar surface area (TPSA) is 115 Å². The van der Waals surface area contributed by atoms with Crippen LogP contribution in [-0.4, -0.2) is 57.7 Å². The summed E-state index contributed by atoms with van der Waals surface area (Å²) in [5, 5.41) is 10.6. The second-order valence-corrected chi connectivity index (χ2v) is 21.0. The van der Waals surface area contributed by atoms with E-state index in [1.807, 2.05) is 67.6 Å². The molecule has 83 heavy (non-hydrogen) atoms. The SMILES string of the molecule is c1ccc(-c2nc(-c3c(-n4c5ccccc5c5ccncc54)cc(-n4c5ccccc5c5cccnc54)c(-n4c5ccccc5c5ccncc54)c3-n3c4ccccc4c4ccncc43)nc(-n3c4ccccc4c4ccccc43)n2)cc1. The van der Waals surface area contributed by atoms with Crippen LogP contribution >= 0.6 is 0 Å². The van der Waals surface area contributed by atoms with Crippen LogP contribution in [0, 0.1) is 0 Å². The van der Waals surface area contributed by atoms with E-state index < -0.39 is 0 Å². The number of hydrogen-bond donors (Lipinski definition) is 0. The first-order valence-corrected chi connectivity index (χ1v) is 27.6. The minimum absolute atomic E-state index is 0.442. The fraction of sp³-hybridized carbons (Fsp3) is 0. The molecule has 8 aromatic carbocycles. The van der Waals surface area contributed by atoms with Crippen molar-refractivity contribution in [3.63, 3.8) is 0 Å². The van der Waals surface area contributed by atoms with Crippen molar-refractivity contribution in [1.29, 1.82) is 0 Å². The van der Waals surface area contributed by atoms with Crippen molar-refractivity contribution < 1.29 is 0 Å². The molecular weight excluding hydrogens is 1020 g/mol. The Morgan fingerprint density at radius 3 is 1.19 bits per heavy atom. The van der Waals surface area contributed by atoms with Crippen molar-refractivity contribution in [2.75, 3.05) is 0 Å². The average Bonchev–Trinajstić information content (AvgIpc) is 2.43. The molecule has 386 valence electrons. The van der Waals surface area contributed by atoms with Crippen LogP contribution in [0.15, 0.2) is 256 Å². The van der Waals surface area contributed by atoms with Crippen molar-refractivity contribution in [2.45, 2.75) is 0 Å². The van der Waals surface area contributed by atoms with Gasteiger partial charge in [-0.3, -0.25) is 24.1 Å². The molecule has 12 nitrogen and oxygen atoms in total. The van der Waals surface area contributed by atoms with E-state index >= 15 is 0 Å². The lowest BCUT2D eigenvalue weighted by molar-refractivity contribution is 0.946. The zero-order valence-corrected chi connectivity index (χ0v) is 44.1. The number of benzene rings is 8. The van der Waals surface area contributed by atoms with Gasteiger partial charge in [-0.1, -0.05) is 140 Å². The number of pyridine rings is 4. The molecule has 0 amide bonds. The summed E-state index contributed by atoms with van der Waals surface area (Å²) in [6, 6.07) is 74.6. The number of rotatable bonds is 7. The van der Waals surface area contributed by atoms with Crippen LogP contribution in [0.4, 0.5) is 0 Å². The first-order chi connectivity index (χ1) is 41.2. The Balaban J connectivity index is 1.16. The Hall–Kier alpha value is -11.6. The minimum Gasteiger partial charge on any atom is -0.307 e. The van der Waals surface area contributed by atoms with Gasteiger partial charge < -0.3 is 13.7 Å². The van der Waals surface area contributed by atoms with Crippen LogP contribution in [0.2, 0.25) is 0 Å². The molecule has 18 aromatic rings. The third kappa shape index (κ3) is 6.42. The van der Waals surface area contributed by atoms with Gasteiger partial charge in [0, 0.05) is 84.2 Å². The van der Waals surface area contributed by atoms with Crippen molar-refractivity contribution in [3.05, 3.63) is 256 Å².